The fraction of sp³-hybridized carbons (Fsp3) is 0.600. The van der Waals surface area contributed by atoms with Crippen LogP contribution < -0.4 is 5.32 Å². The van der Waals surface area contributed by atoms with E-state index in [1.165, 1.54) is 37.7 Å². The molecule has 2 nitrogen and oxygen atoms in total. The third-order valence-corrected chi connectivity index (χ3v) is 6.04. The van der Waals surface area contributed by atoms with Gasteiger partial charge in [-0.3, -0.25) is 0 Å². The van der Waals surface area contributed by atoms with E-state index in [1.54, 1.807) is 6.07 Å². The molecule has 0 atom stereocenters. The molecule has 1 aliphatic carbocycles. The van der Waals surface area contributed by atoms with Crippen molar-refractivity contribution in [2.45, 2.75) is 43.4 Å². The van der Waals surface area contributed by atoms with Gasteiger partial charge in [-0.25, -0.2) is 0 Å². The Bertz CT molecular complexity index is 419. The van der Waals surface area contributed by atoms with Crippen molar-refractivity contribution in [1.82, 2.24) is 5.32 Å². The van der Waals surface area contributed by atoms with Gasteiger partial charge in [0.25, 0.3) is 0 Å². The molecule has 1 aromatic rings. The number of hydrogen-bond donors (Lipinski definition) is 2. The number of benzene rings is 1. The Morgan fingerprint density at radius 2 is 2.05 bits per heavy atom. The summed E-state index contributed by atoms with van der Waals surface area (Å²) in [4.78, 5) is 0. The second-order valence-corrected chi connectivity index (χ2v) is 7.47. The maximum Gasteiger partial charge on any atom is 0.129 e. The average molecular weight is 344 g/mol. The van der Waals surface area contributed by atoms with Crippen molar-refractivity contribution in [3.05, 3.63) is 28.2 Å². The molecule has 0 amide bonds. The first kappa shape index (κ1) is 15.2. The highest BCUT2D eigenvalue weighted by Gasteiger charge is 2.30. The molecule has 1 aromatic carbocycles. The highest BCUT2D eigenvalue weighted by Crippen LogP contribution is 2.38. The summed E-state index contributed by atoms with van der Waals surface area (Å²) >= 11 is 5.38. The topological polar surface area (TPSA) is 32.3 Å². The molecule has 1 aliphatic rings. The Labute approximate surface area is 128 Å². The summed E-state index contributed by atoms with van der Waals surface area (Å²) in [5, 5.41) is 13.1. The van der Waals surface area contributed by atoms with Gasteiger partial charge in [0.2, 0.25) is 0 Å². The number of aromatic hydroxyl groups is 1. The van der Waals surface area contributed by atoms with Crippen LogP contribution >= 0.6 is 27.7 Å². The van der Waals surface area contributed by atoms with Gasteiger partial charge in [0.05, 0.1) is 4.47 Å². The van der Waals surface area contributed by atoms with E-state index in [1.807, 2.05) is 23.9 Å². The summed E-state index contributed by atoms with van der Waals surface area (Å²) in [6.45, 7) is 1.94. The number of rotatable bonds is 5. The predicted octanol–water partition coefficient (Wildman–Crippen LogP) is 4.31. The number of halogens is 1. The summed E-state index contributed by atoms with van der Waals surface area (Å²) in [5.41, 5.74) is 1.21. The molecule has 0 unspecified atom stereocenters. The van der Waals surface area contributed by atoms with Crippen LogP contribution in [0.3, 0.4) is 0 Å². The minimum atomic E-state index is 0.302. The van der Waals surface area contributed by atoms with Crippen molar-refractivity contribution in [2.24, 2.45) is 0 Å². The van der Waals surface area contributed by atoms with Gasteiger partial charge in [-0.2, -0.15) is 11.8 Å². The lowest BCUT2D eigenvalue weighted by Crippen LogP contribution is -2.39. The van der Waals surface area contributed by atoms with Crippen LogP contribution in [0.5, 0.6) is 5.75 Å². The van der Waals surface area contributed by atoms with Gasteiger partial charge in [0.1, 0.15) is 5.75 Å². The maximum atomic E-state index is 9.48. The van der Waals surface area contributed by atoms with Crippen LogP contribution in [-0.2, 0) is 6.54 Å². The minimum absolute atomic E-state index is 0.302. The van der Waals surface area contributed by atoms with Gasteiger partial charge in [-0.05, 0) is 52.7 Å². The summed E-state index contributed by atoms with van der Waals surface area (Å²) in [5.74, 6) is 0.302. The molecule has 1 fully saturated rings. The van der Waals surface area contributed by atoms with Crippen LogP contribution in [0.1, 0.15) is 37.7 Å². The van der Waals surface area contributed by atoms with Crippen LogP contribution in [0.25, 0.3) is 0 Å². The van der Waals surface area contributed by atoms with E-state index >= 15 is 0 Å². The first-order valence-electron chi connectivity index (χ1n) is 6.88. The molecule has 0 heterocycles. The van der Waals surface area contributed by atoms with Gasteiger partial charge in [0.15, 0.2) is 0 Å². The zero-order chi connectivity index (χ0) is 13.7. The molecule has 2 rings (SSSR count). The molecule has 0 aliphatic heterocycles. The third kappa shape index (κ3) is 4.14. The first-order valence-corrected chi connectivity index (χ1v) is 8.90. The summed E-state index contributed by atoms with van der Waals surface area (Å²) < 4.78 is 1.20. The quantitative estimate of drug-likeness (QED) is 0.835. The number of hydrogen-bond acceptors (Lipinski definition) is 3. The van der Waals surface area contributed by atoms with Crippen molar-refractivity contribution in [2.75, 3.05) is 12.8 Å². The lowest BCUT2D eigenvalue weighted by molar-refractivity contribution is 0.379. The number of phenolic OH excluding ortho intramolecular Hbond substituents is 1. The summed E-state index contributed by atoms with van der Waals surface area (Å²) in [7, 11) is 0. The van der Waals surface area contributed by atoms with Gasteiger partial charge >= 0.3 is 0 Å². The van der Waals surface area contributed by atoms with Crippen molar-refractivity contribution in [3.63, 3.8) is 0 Å². The van der Waals surface area contributed by atoms with E-state index < -0.39 is 0 Å². The Hall–Kier alpha value is -0.190. The minimum Gasteiger partial charge on any atom is -0.507 e. The third-order valence-electron chi connectivity index (χ3n) is 3.99. The van der Waals surface area contributed by atoms with Gasteiger partial charge in [0, 0.05) is 17.8 Å². The normalized spacial score (nSPS) is 18.4. The summed E-state index contributed by atoms with van der Waals surface area (Å²) in [6.07, 6.45) is 9.04. The monoisotopic (exact) mass is 343 g/mol. The van der Waals surface area contributed by atoms with Crippen molar-refractivity contribution in [3.8, 4) is 5.75 Å². The first-order chi connectivity index (χ1) is 9.15. The molecule has 0 spiro atoms. The Balaban J connectivity index is 1.86. The fourth-order valence-electron chi connectivity index (χ4n) is 2.74. The fourth-order valence-corrected chi connectivity index (χ4v) is 4.11. The van der Waals surface area contributed by atoms with E-state index in [9.17, 15) is 5.11 Å². The zero-order valence-corrected chi connectivity index (χ0v) is 13.8. The van der Waals surface area contributed by atoms with E-state index in [2.05, 4.69) is 27.5 Å². The molecule has 4 heteroatoms. The van der Waals surface area contributed by atoms with Gasteiger partial charge in [-0.15, -0.1) is 0 Å². The second kappa shape index (κ2) is 7.00. The molecular weight excluding hydrogens is 322 g/mol. The predicted molar refractivity (Wildman–Crippen MR) is 86.8 cm³/mol. The second-order valence-electron chi connectivity index (χ2n) is 5.34. The molecule has 0 aromatic heterocycles. The highest BCUT2D eigenvalue weighted by molar-refractivity contribution is 9.10. The zero-order valence-electron chi connectivity index (χ0n) is 11.4. The lowest BCUT2D eigenvalue weighted by atomic mass is 9.88. The van der Waals surface area contributed by atoms with Crippen LogP contribution in [0.4, 0.5) is 0 Å². The lowest BCUT2D eigenvalue weighted by Gasteiger charge is -2.36. The molecule has 0 radical (unpaired) electrons. The Morgan fingerprint density at radius 1 is 1.32 bits per heavy atom. The van der Waals surface area contributed by atoms with E-state index in [-0.39, 0.29) is 0 Å². The summed E-state index contributed by atoms with van der Waals surface area (Å²) in [6, 6.07) is 5.70. The molecule has 0 bridgehead atoms. The SMILES string of the molecule is CSC1(CNCc2ccc(O)c(Br)c2)CCCCC1. The van der Waals surface area contributed by atoms with Crippen molar-refractivity contribution < 1.29 is 5.11 Å². The van der Waals surface area contributed by atoms with E-state index in [4.69, 9.17) is 0 Å². The maximum absolute atomic E-state index is 9.48. The Kier molecular flexibility index (Phi) is 5.60. The van der Waals surface area contributed by atoms with Crippen LogP contribution in [0.15, 0.2) is 22.7 Å². The standard InChI is InChI=1S/C15H22BrNOS/c1-19-15(7-3-2-4-8-15)11-17-10-12-5-6-14(18)13(16)9-12/h5-6,9,17-18H,2-4,7-8,10-11H2,1H3. The Morgan fingerprint density at radius 3 is 2.68 bits per heavy atom. The number of phenols is 1. The van der Waals surface area contributed by atoms with Crippen LogP contribution in [0.2, 0.25) is 0 Å². The largest absolute Gasteiger partial charge is 0.507 e. The van der Waals surface area contributed by atoms with E-state index in [0.29, 0.717) is 10.5 Å². The molecule has 19 heavy (non-hydrogen) atoms. The molecule has 106 valence electrons. The molecular formula is C15H22BrNOS. The number of thioether (sulfide) groups is 1. The molecule has 1 saturated carbocycles. The highest BCUT2D eigenvalue weighted by atomic mass is 79.9. The van der Waals surface area contributed by atoms with Gasteiger partial charge < -0.3 is 10.4 Å². The van der Waals surface area contributed by atoms with E-state index in [0.717, 1.165) is 17.6 Å². The average Bonchev–Trinajstić information content (AvgIpc) is 2.44. The smallest absolute Gasteiger partial charge is 0.129 e. The van der Waals surface area contributed by atoms with Crippen molar-refractivity contribution >= 4 is 27.7 Å². The van der Waals surface area contributed by atoms with Gasteiger partial charge in [-0.1, -0.05) is 25.3 Å². The number of nitrogens with one attached hydrogen (secondary N) is 1. The van der Waals surface area contributed by atoms with Crippen molar-refractivity contribution in [1.29, 1.82) is 0 Å². The molecule has 0 saturated heterocycles. The van der Waals surface area contributed by atoms with Crippen LogP contribution in [-0.4, -0.2) is 22.7 Å². The van der Waals surface area contributed by atoms with Crippen LogP contribution in [0, 0.1) is 0 Å². The molecule has 2 N–H and O–H groups in total.